The second-order valence-corrected chi connectivity index (χ2v) is 6.12. The summed E-state index contributed by atoms with van der Waals surface area (Å²) in [7, 11) is 0. The maximum absolute atomic E-state index is 12.4. The zero-order valence-electron chi connectivity index (χ0n) is 12.0. The molecule has 0 saturated heterocycles. The summed E-state index contributed by atoms with van der Waals surface area (Å²) in [6.07, 6.45) is 4.66. The predicted octanol–water partition coefficient (Wildman–Crippen LogP) is 2.76. The van der Waals surface area contributed by atoms with E-state index in [9.17, 15) is 9.59 Å². The van der Waals surface area contributed by atoms with Crippen LogP contribution in [-0.2, 0) is 6.42 Å². The first-order valence-electron chi connectivity index (χ1n) is 7.06. The molecule has 0 bridgehead atoms. The highest BCUT2D eigenvalue weighted by molar-refractivity contribution is 7.14. The maximum Gasteiger partial charge on any atom is 0.261 e. The predicted molar refractivity (Wildman–Crippen MR) is 83.2 cm³/mol. The molecule has 110 valence electrons. The van der Waals surface area contributed by atoms with Crippen LogP contribution in [0.5, 0.6) is 0 Å². The lowest BCUT2D eigenvalue weighted by Crippen LogP contribution is -2.23. The fourth-order valence-corrected chi connectivity index (χ4v) is 3.13. The molecule has 6 heteroatoms. The topological polar surface area (TPSA) is 64.0 Å². The number of rotatable bonds is 4. The van der Waals surface area contributed by atoms with Crippen molar-refractivity contribution in [3.8, 4) is 0 Å². The van der Waals surface area contributed by atoms with E-state index >= 15 is 0 Å². The number of carbonyl (C=O) groups is 1. The van der Waals surface area contributed by atoms with Crippen molar-refractivity contribution < 1.29 is 4.79 Å². The summed E-state index contributed by atoms with van der Waals surface area (Å²) >= 11 is 1.38. The van der Waals surface area contributed by atoms with E-state index in [0.717, 1.165) is 35.7 Å². The Morgan fingerprint density at radius 2 is 2.29 bits per heavy atom. The Balaban J connectivity index is 1.91. The average Bonchev–Trinajstić information content (AvgIpc) is 3.18. The molecule has 2 aromatic rings. The molecule has 1 N–H and O–H groups in total. The van der Waals surface area contributed by atoms with E-state index in [0.29, 0.717) is 6.04 Å². The molecular weight excluding hydrogens is 286 g/mol. The van der Waals surface area contributed by atoms with Crippen LogP contribution in [-0.4, -0.2) is 15.5 Å². The number of hydrogen-bond donors (Lipinski definition) is 1. The maximum atomic E-state index is 12.4. The van der Waals surface area contributed by atoms with Gasteiger partial charge in [-0.2, -0.15) is 0 Å². The van der Waals surface area contributed by atoms with Crippen molar-refractivity contribution >= 4 is 22.2 Å². The van der Waals surface area contributed by atoms with Gasteiger partial charge in [0, 0.05) is 24.0 Å². The van der Waals surface area contributed by atoms with Gasteiger partial charge in [-0.05, 0) is 26.2 Å². The average molecular weight is 303 g/mol. The Morgan fingerprint density at radius 3 is 2.95 bits per heavy atom. The molecule has 1 fully saturated rings. The summed E-state index contributed by atoms with van der Waals surface area (Å²) in [6, 6.07) is 1.98. The van der Waals surface area contributed by atoms with E-state index in [2.05, 4.69) is 10.3 Å². The van der Waals surface area contributed by atoms with Gasteiger partial charge in [-0.3, -0.25) is 9.59 Å². The molecule has 2 heterocycles. The smallest absolute Gasteiger partial charge is 0.261 e. The van der Waals surface area contributed by atoms with Crippen LogP contribution in [0.1, 0.15) is 47.6 Å². The van der Waals surface area contributed by atoms with Gasteiger partial charge in [0.15, 0.2) is 5.43 Å². The van der Waals surface area contributed by atoms with Crippen LogP contribution in [0.3, 0.4) is 0 Å². The molecule has 1 saturated carbocycles. The molecule has 0 aliphatic heterocycles. The normalized spacial score (nSPS) is 14.2. The van der Waals surface area contributed by atoms with E-state index in [-0.39, 0.29) is 16.9 Å². The first kappa shape index (κ1) is 14.0. The molecule has 1 aliphatic carbocycles. The number of nitrogens with one attached hydrogen (secondary N) is 1. The first-order chi connectivity index (χ1) is 10.1. The fourth-order valence-electron chi connectivity index (χ4n) is 2.36. The van der Waals surface area contributed by atoms with Crippen molar-refractivity contribution in [3.63, 3.8) is 0 Å². The minimum Gasteiger partial charge on any atom is -0.348 e. The second-order valence-electron chi connectivity index (χ2n) is 5.27. The number of hydrogen-bond acceptors (Lipinski definition) is 4. The lowest BCUT2D eigenvalue weighted by molar-refractivity contribution is 0.102. The van der Waals surface area contributed by atoms with E-state index in [1.807, 2.05) is 18.4 Å². The van der Waals surface area contributed by atoms with Gasteiger partial charge in [0.25, 0.3) is 5.91 Å². The molecule has 21 heavy (non-hydrogen) atoms. The van der Waals surface area contributed by atoms with Gasteiger partial charge in [0.05, 0.1) is 11.2 Å². The quantitative estimate of drug-likeness (QED) is 0.944. The number of aryl methyl sites for hydroxylation is 2. The second kappa shape index (κ2) is 5.44. The molecule has 3 rings (SSSR count). The van der Waals surface area contributed by atoms with Crippen LogP contribution in [0.15, 0.2) is 22.6 Å². The summed E-state index contributed by atoms with van der Waals surface area (Å²) < 4.78 is 2.03. The minimum atomic E-state index is -0.353. The Kier molecular flexibility index (Phi) is 3.63. The molecule has 0 unspecified atom stereocenters. The van der Waals surface area contributed by atoms with Crippen LogP contribution in [0.4, 0.5) is 5.00 Å². The van der Waals surface area contributed by atoms with Crippen LogP contribution in [0.25, 0.3) is 0 Å². The van der Waals surface area contributed by atoms with Gasteiger partial charge >= 0.3 is 0 Å². The van der Waals surface area contributed by atoms with Crippen LogP contribution < -0.4 is 10.7 Å². The minimum absolute atomic E-state index is 0.197. The third kappa shape index (κ3) is 2.76. The van der Waals surface area contributed by atoms with Gasteiger partial charge < -0.3 is 9.88 Å². The Hall–Kier alpha value is -1.95. The fraction of sp³-hybridized carbons (Fsp3) is 0.400. The molecule has 0 spiro atoms. The van der Waals surface area contributed by atoms with E-state index in [1.54, 1.807) is 17.8 Å². The molecular formula is C15H17N3O2S. The lowest BCUT2D eigenvalue weighted by Gasteiger charge is -2.11. The summed E-state index contributed by atoms with van der Waals surface area (Å²) in [5.74, 6) is -0.353. The lowest BCUT2D eigenvalue weighted by atomic mass is 10.2. The molecule has 5 nitrogen and oxygen atoms in total. The number of nitrogens with zero attached hydrogens (tertiary/aromatic N) is 2. The van der Waals surface area contributed by atoms with Crippen molar-refractivity contribution in [2.75, 3.05) is 5.32 Å². The number of amides is 1. The standard InChI is InChI=1S/C15H17N3O2S/c1-3-12-15(21-8-16-12)17-14(20)11-7-18(10-4-5-10)9(2)6-13(11)19/h6-8,10H,3-5H2,1-2H3,(H,17,20). The monoisotopic (exact) mass is 303 g/mol. The molecule has 1 aliphatic rings. The van der Waals surface area contributed by atoms with Crippen LogP contribution in [0.2, 0.25) is 0 Å². The number of thiazole rings is 1. The molecule has 1 amide bonds. The van der Waals surface area contributed by atoms with Gasteiger partial charge in [0.1, 0.15) is 10.6 Å². The number of carbonyl (C=O) groups excluding carboxylic acids is 1. The Labute approximate surface area is 126 Å². The number of anilines is 1. The third-order valence-corrected chi connectivity index (χ3v) is 4.45. The zero-order chi connectivity index (χ0) is 15.0. The van der Waals surface area contributed by atoms with Crippen LogP contribution >= 0.6 is 11.3 Å². The van der Waals surface area contributed by atoms with E-state index in [4.69, 9.17) is 0 Å². The highest BCUT2D eigenvalue weighted by atomic mass is 32.1. The summed E-state index contributed by atoms with van der Waals surface area (Å²) in [5, 5.41) is 3.53. The van der Waals surface area contributed by atoms with Crippen molar-refractivity contribution in [2.24, 2.45) is 0 Å². The molecule has 2 aromatic heterocycles. The third-order valence-electron chi connectivity index (χ3n) is 3.67. The molecule has 0 radical (unpaired) electrons. The Morgan fingerprint density at radius 1 is 1.52 bits per heavy atom. The highest BCUT2D eigenvalue weighted by Crippen LogP contribution is 2.35. The van der Waals surface area contributed by atoms with Crippen molar-refractivity contribution in [1.29, 1.82) is 0 Å². The van der Waals surface area contributed by atoms with Crippen molar-refractivity contribution in [2.45, 2.75) is 39.2 Å². The summed E-state index contributed by atoms with van der Waals surface area (Å²) in [5.41, 5.74) is 3.42. The van der Waals surface area contributed by atoms with E-state index in [1.165, 1.54) is 11.3 Å². The Bertz CT molecular complexity index is 744. The zero-order valence-corrected chi connectivity index (χ0v) is 12.9. The largest absolute Gasteiger partial charge is 0.348 e. The molecule has 0 atom stereocenters. The van der Waals surface area contributed by atoms with Crippen molar-refractivity contribution in [1.82, 2.24) is 9.55 Å². The SMILES string of the molecule is CCc1ncsc1NC(=O)c1cn(C2CC2)c(C)cc1=O. The first-order valence-corrected chi connectivity index (χ1v) is 7.94. The van der Waals surface area contributed by atoms with E-state index < -0.39 is 0 Å². The number of aromatic nitrogens is 2. The van der Waals surface area contributed by atoms with Crippen LogP contribution in [0, 0.1) is 6.92 Å². The van der Waals surface area contributed by atoms with Gasteiger partial charge in [-0.1, -0.05) is 6.92 Å². The summed E-state index contributed by atoms with van der Waals surface area (Å²) in [4.78, 5) is 28.6. The van der Waals surface area contributed by atoms with Gasteiger partial charge in [-0.15, -0.1) is 11.3 Å². The van der Waals surface area contributed by atoms with Gasteiger partial charge in [0.2, 0.25) is 0 Å². The highest BCUT2D eigenvalue weighted by Gasteiger charge is 2.25. The van der Waals surface area contributed by atoms with Crippen molar-refractivity contribution in [3.05, 3.63) is 44.9 Å². The number of pyridine rings is 1. The summed E-state index contributed by atoms with van der Waals surface area (Å²) in [6.45, 7) is 3.89. The molecule has 0 aromatic carbocycles. The van der Waals surface area contributed by atoms with Gasteiger partial charge in [-0.25, -0.2) is 4.98 Å².